The number of benzene rings is 2. The van der Waals surface area contributed by atoms with E-state index in [0.29, 0.717) is 24.3 Å². The van der Waals surface area contributed by atoms with Crippen LogP contribution < -0.4 is 10.1 Å². The van der Waals surface area contributed by atoms with Crippen LogP contribution in [0.15, 0.2) is 47.8 Å². The Morgan fingerprint density at radius 3 is 2.68 bits per heavy atom. The number of nitrogens with zero attached hydrogens (tertiary/aromatic N) is 3. The minimum absolute atomic E-state index is 0.0715. The number of hydrogen-bond donors (Lipinski definition) is 1. The highest BCUT2D eigenvalue weighted by Crippen LogP contribution is 2.34. The number of nitrogens with one attached hydrogen (secondary N) is 1. The van der Waals surface area contributed by atoms with Crippen molar-refractivity contribution < 1.29 is 18.7 Å². The summed E-state index contributed by atoms with van der Waals surface area (Å²) in [7, 11) is 1.65. The molecule has 0 spiro atoms. The van der Waals surface area contributed by atoms with E-state index in [0.717, 1.165) is 41.6 Å². The van der Waals surface area contributed by atoms with Gasteiger partial charge in [0.25, 0.3) is 0 Å². The van der Waals surface area contributed by atoms with Crippen LogP contribution in [0.3, 0.4) is 0 Å². The Bertz CT molecular complexity index is 1210. The summed E-state index contributed by atoms with van der Waals surface area (Å²) in [6.07, 6.45) is 0.0879. The summed E-state index contributed by atoms with van der Waals surface area (Å²) in [5, 5.41) is 5.72. The van der Waals surface area contributed by atoms with E-state index in [-0.39, 0.29) is 18.2 Å². The van der Waals surface area contributed by atoms with Gasteiger partial charge in [0.05, 0.1) is 18.7 Å². The van der Waals surface area contributed by atoms with Crippen LogP contribution in [0.2, 0.25) is 0 Å². The lowest BCUT2D eigenvalue weighted by atomic mass is 9.89. The van der Waals surface area contributed by atoms with Crippen LogP contribution >= 0.6 is 11.3 Å². The van der Waals surface area contributed by atoms with Crippen molar-refractivity contribution in [2.24, 2.45) is 0 Å². The number of halogens is 1. The number of anilines is 1. The summed E-state index contributed by atoms with van der Waals surface area (Å²) in [5.41, 5.74) is 3.14. The molecular weight excluding hydrogens is 455 g/mol. The molecule has 7 nitrogen and oxygen atoms in total. The van der Waals surface area contributed by atoms with Crippen molar-refractivity contribution in [3.05, 3.63) is 64.9 Å². The predicted molar refractivity (Wildman–Crippen MR) is 128 cm³/mol. The van der Waals surface area contributed by atoms with Gasteiger partial charge in [-0.05, 0) is 42.0 Å². The zero-order valence-corrected chi connectivity index (χ0v) is 19.6. The van der Waals surface area contributed by atoms with Gasteiger partial charge in [0.1, 0.15) is 16.6 Å². The van der Waals surface area contributed by atoms with E-state index < -0.39 is 11.7 Å². The summed E-state index contributed by atoms with van der Waals surface area (Å²) in [5.74, 6) is -0.513. The molecule has 2 amide bonds. The normalized spacial score (nSPS) is 18.4. The maximum absolute atomic E-state index is 13.6. The molecule has 1 N–H and O–H groups in total. The minimum atomic E-state index is -0.568. The molecule has 1 fully saturated rings. The van der Waals surface area contributed by atoms with Gasteiger partial charge < -0.3 is 15.0 Å². The Kier molecular flexibility index (Phi) is 6.30. The summed E-state index contributed by atoms with van der Waals surface area (Å²) in [4.78, 5) is 34.2. The van der Waals surface area contributed by atoms with E-state index in [2.05, 4.69) is 15.6 Å². The smallest absolute Gasteiger partial charge is 0.230 e. The maximum Gasteiger partial charge on any atom is 0.230 e. The van der Waals surface area contributed by atoms with Crippen molar-refractivity contribution in [3.63, 3.8) is 0 Å². The third-order valence-corrected chi connectivity index (χ3v) is 7.25. The van der Waals surface area contributed by atoms with Crippen molar-refractivity contribution in [3.8, 4) is 16.3 Å². The number of aromatic nitrogens is 1. The standard InChI is InChI=1S/C25H25FN4O3S/c1-33-19-5-2-16(3-6-19)24-27-18(15-34-24)14-29-8-10-30(11-9-29)25(32)21-13-23(31)28-22-12-17(26)4-7-20(21)22/h2-7,12,15,21H,8-11,13-14H2,1H3,(H,28,31). The quantitative estimate of drug-likeness (QED) is 0.603. The fourth-order valence-electron chi connectivity index (χ4n) is 4.48. The third kappa shape index (κ3) is 4.67. The molecule has 0 bridgehead atoms. The lowest BCUT2D eigenvalue weighted by molar-refractivity contribution is -0.136. The van der Waals surface area contributed by atoms with E-state index >= 15 is 0 Å². The number of fused-ring (bicyclic) bond motifs is 1. The highest BCUT2D eigenvalue weighted by atomic mass is 32.1. The van der Waals surface area contributed by atoms with Crippen LogP contribution in [0.25, 0.3) is 10.6 Å². The molecule has 2 aliphatic heterocycles. The second kappa shape index (κ2) is 9.52. The highest BCUT2D eigenvalue weighted by molar-refractivity contribution is 7.13. The van der Waals surface area contributed by atoms with E-state index in [9.17, 15) is 14.0 Å². The Balaban J connectivity index is 1.19. The molecule has 1 saturated heterocycles. The molecule has 9 heteroatoms. The van der Waals surface area contributed by atoms with Gasteiger partial charge in [-0.3, -0.25) is 14.5 Å². The molecule has 3 heterocycles. The maximum atomic E-state index is 13.6. The van der Waals surface area contributed by atoms with Gasteiger partial charge >= 0.3 is 0 Å². The fourth-order valence-corrected chi connectivity index (χ4v) is 5.30. The number of carbonyl (C=O) groups is 2. The number of thiazole rings is 1. The molecule has 0 radical (unpaired) electrons. The number of amides is 2. The number of methoxy groups -OCH3 is 1. The fraction of sp³-hybridized carbons (Fsp3) is 0.320. The molecule has 2 aromatic carbocycles. The van der Waals surface area contributed by atoms with E-state index in [1.54, 1.807) is 24.5 Å². The highest BCUT2D eigenvalue weighted by Gasteiger charge is 2.34. The zero-order valence-electron chi connectivity index (χ0n) is 18.8. The lowest BCUT2D eigenvalue weighted by Gasteiger charge is -2.37. The van der Waals surface area contributed by atoms with Gasteiger partial charge in [-0.15, -0.1) is 11.3 Å². The Morgan fingerprint density at radius 1 is 1.18 bits per heavy atom. The van der Waals surface area contributed by atoms with Crippen molar-refractivity contribution in [2.75, 3.05) is 38.6 Å². The largest absolute Gasteiger partial charge is 0.497 e. The second-order valence-corrected chi connectivity index (χ2v) is 9.37. The molecule has 1 unspecified atom stereocenters. The van der Waals surface area contributed by atoms with Crippen molar-refractivity contribution >= 4 is 28.8 Å². The van der Waals surface area contributed by atoms with Gasteiger partial charge in [0.15, 0.2) is 0 Å². The predicted octanol–water partition coefficient (Wildman–Crippen LogP) is 3.73. The molecule has 5 rings (SSSR count). The van der Waals surface area contributed by atoms with Crippen molar-refractivity contribution in [1.29, 1.82) is 0 Å². The van der Waals surface area contributed by atoms with Crippen LogP contribution in [0.4, 0.5) is 10.1 Å². The van der Waals surface area contributed by atoms with Crippen LogP contribution in [0.5, 0.6) is 5.75 Å². The first-order valence-electron chi connectivity index (χ1n) is 11.2. The topological polar surface area (TPSA) is 74.8 Å². The van der Waals surface area contributed by atoms with Gasteiger partial charge in [-0.25, -0.2) is 9.37 Å². The molecular formula is C25H25FN4O3S. The minimum Gasteiger partial charge on any atom is -0.497 e. The first-order valence-corrected chi connectivity index (χ1v) is 12.1. The molecule has 176 valence electrons. The van der Waals surface area contributed by atoms with Crippen LogP contribution in [-0.2, 0) is 16.1 Å². The van der Waals surface area contributed by atoms with Crippen LogP contribution in [0, 0.1) is 5.82 Å². The van der Waals surface area contributed by atoms with E-state index in [4.69, 9.17) is 9.72 Å². The summed E-state index contributed by atoms with van der Waals surface area (Å²) in [6, 6.07) is 12.1. The third-order valence-electron chi connectivity index (χ3n) is 6.31. The Hall–Kier alpha value is -3.30. The van der Waals surface area contributed by atoms with Crippen molar-refractivity contribution in [2.45, 2.75) is 18.9 Å². The number of carbonyl (C=O) groups excluding carboxylic acids is 2. The number of piperazine rings is 1. The van der Waals surface area contributed by atoms with Crippen LogP contribution in [0.1, 0.15) is 23.6 Å². The summed E-state index contributed by atoms with van der Waals surface area (Å²) >= 11 is 1.62. The number of rotatable bonds is 5. The molecule has 1 atom stereocenters. The first kappa shape index (κ1) is 22.5. The number of hydrogen-bond acceptors (Lipinski definition) is 6. The van der Waals surface area contributed by atoms with Gasteiger partial charge in [0, 0.05) is 55.8 Å². The Morgan fingerprint density at radius 2 is 1.94 bits per heavy atom. The SMILES string of the molecule is COc1ccc(-c2nc(CN3CCN(C(=O)C4CC(=O)Nc5cc(F)ccc54)CC3)cs2)cc1. The van der Waals surface area contributed by atoms with Gasteiger partial charge in [-0.2, -0.15) is 0 Å². The van der Waals surface area contributed by atoms with Crippen LogP contribution in [-0.4, -0.2) is 59.9 Å². The molecule has 2 aliphatic rings. The van der Waals surface area contributed by atoms with E-state index in [1.807, 2.05) is 29.2 Å². The first-order chi connectivity index (χ1) is 16.5. The zero-order chi connectivity index (χ0) is 23.7. The average Bonchev–Trinajstić information content (AvgIpc) is 3.32. The average molecular weight is 481 g/mol. The molecule has 0 saturated carbocycles. The van der Waals surface area contributed by atoms with Crippen molar-refractivity contribution in [1.82, 2.24) is 14.8 Å². The summed E-state index contributed by atoms with van der Waals surface area (Å²) < 4.78 is 18.8. The molecule has 1 aromatic heterocycles. The Labute approximate surface area is 201 Å². The molecule has 3 aromatic rings. The van der Waals surface area contributed by atoms with Gasteiger partial charge in [-0.1, -0.05) is 6.07 Å². The number of ether oxygens (including phenoxy) is 1. The van der Waals surface area contributed by atoms with Gasteiger partial charge in [0.2, 0.25) is 11.8 Å². The van der Waals surface area contributed by atoms with E-state index in [1.165, 1.54) is 12.1 Å². The lowest BCUT2D eigenvalue weighted by Crippen LogP contribution is -2.50. The monoisotopic (exact) mass is 480 g/mol. The second-order valence-electron chi connectivity index (χ2n) is 8.51. The summed E-state index contributed by atoms with van der Waals surface area (Å²) in [6.45, 7) is 3.36. The molecule has 34 heavy (non-hydrogen) atoms. The molecule has 0 aliphatic carbocycles.